The normalized spacial score (nSPS) is 14.1. The van der Waals surface area contributed by atoms with Gasteiger partial charge in [-0.05, 0) is 49.1 Å². The smallest absolute Gasteiger partial charge is 0.253 e. The fraction of sp³-hybridized carbons (Fsp3) is 0.500. The van der Waals surface area contributed by atoms with Gasteiger partial charge in [0.05, 0.1) is 13.2 Å². The van der Waals surface area contributed by atoms with Crippen LogP contribution in [-0.4, -0.2) is 79.1 Å². The van der Waals surface area contributed by atoms with Crippen molar-refractivity contribution >= 4 is 17.9 Å². The van der Waals surface area contributed by atoms with Gasteiger partial charge in [-0.3, -0.25) is 19.5 Å². The average molecular weight is 507 g/mol. The van der Waals surface area contributed by atoms with Crippen molar-refractivity contribution in [1.82, 2.24) is 20.1 Å². The van der Waals surface area contributed by atoms with E-state index in [1.807, 2.05) is 47.4 Å². The molecule has 0 atom stereocenters. The molecule has 37 heavy (non-hydrogen) atoms. The number of pyridine rings is 1. The van der Waals surface area contributed by atoms with Gasteiger partial charge < -0.3 is 15.0 Å². The van der Waals surface area contributed by atoms with Crippen molar-refractivity contribution in [3.8, 4) is 0 Å². The van der Waals surface area contributed by atoms with Crippen molar-refractivity contribution in [2.45, 2.75) is 44.9 Å². The van der Waals surface area contributed by atoms with Crippen LogP contribution in [0.3, 0.4) is 0 Å². The largest absolute Gasteiger partial charge is 0.379 e. The van der Waals surface area contributed by atoms with Crippen molar-refractivity contribution in [1.29, 1.82) is 0 Å². The van der Waals surface area contributed by atoms with Crippen molar-refractivity contribution in [2.75, 3.05) is 52.5 Å². The van der Waals surface area contributed by atoms with Crippen LogP contribution in [-0.2, 0) is 9.53 Å². The summed E-state index contributed by atoms with van der Waals surface area (Å²) < 4.78 is 5.44. The van der Waals surface area contributed by atoms with E-state index < -0.39 is 0 Å². The summed E-state index contributed by atoms with van der Waals surface area (Å²) in [5, 5.41) is 2.94. The van der Waals surface area contributed by atoms with Crippen LogP contribution >= 0.6 is 0 Å². The molecule has 0 radical (unpaired) electrons. The van der Waals surface area contributed by atoms with E-state index in [1.54, 1.807) is 24.5 Å². The maximum absolute atomic E-state index is 13.1. The number of benzene rings is 1. The van der Waals surface area contributed by atoms with Crippen LogP contribution in [0, 0.1) is 0 Å². The predicted molar refractivity (Wildman–Crippen MR) is 148 cm³/mol. The number of nitrogens with one attached hydrogen (secondary N) is 1. The maximum atomic E-state index is 13.1. The van der Waals surface area contributed by atoms with Crippen molar-refractivity contribution in [3.05, 3.63) is 72.1 Å². The van der Waals surface area contributed by atoms with E-state index in [2.05, 4.69) is 15.2 Å². The van der Waals surface area contributed by atoms with E-state index in [-0.39, 0.29) is 11.8 Å². The van der Waals surface area contributed by atoms with Gasteiger partial charge in [0.2, 0.25) is 5.91 Å². The van der Waals surface area contributed by atoms with Gasteiger partial charge in [0.1, 0.15) is 0 Å². The Labute approximate surface area is 221 Å². The van der Waals surface area contributed by atoms with Crippen LogP contribution in [0.15, 0.2) is 60.9 Å². The van der Waals surface area contributed by atoms with E-state index in [4.69, 9.17) is 4.74 Å². The highest BCUT2D eigenvalue weighted by Crippen LogP contribution is 2.11. The number of amides is 2. The van der Waals surface area contributed by atoms with Gasteiger partial charge in [-0.15, -0.1) is 0 Å². The second-order valence-electron chi connectivity index (χ2n) is 9.50. The zero-order chi connectivity index (χ0) is 26.0. The van der Waals surface area contributed by atoms with E-state index in [1.165, 1.54) is 0 Å². The molecule has 0 bridgehead atoms. The van der Waals surface area contributed by atoms with E-state index in [0.717, 1.165) is 102 Å². The van der Waals surface area contributed by atoms with Gasteiger partial charge in [0.15, 0.2) is 0 Å². The standard InChI is InChI=1S/C30H42N4O3/c35-29(16-15-27-12-10-17-31-26-27)32-18-8-3-1-2-4-9-20-34(30(36)28-13-6-5-7-14-28)21-11-19-33-22-24-37-25-23-33/h5-7,10,12-17,26H,1-4,8-9,11,18-25H2,(H,32,35). The van der Waals surface area contributed by atoms with Crippen LogP contribution in [0.1, 0.15) is 60.9 Å². The van der Waals surface area contributed by atoms with Gasteiger partial charge in [-0.1, -0.05) is 49.9 Å². The van der Waals surface area contributed by atoms with Crippen LogP contribution < -0.4 is 5.32 Å². The lowest BCUT2D eigenvalue weighted by atomic mass is 10.1. The van der Waals surface area contributed by atoms with Crippen LogP contribution in [0.5, 0.6) is 0 Å². The molecule has 1 aromatic carbocycles. The Morgan fingerprint density at radius 1 is 0.919 bits per heavy atom. The summed E-state index contributed by atoms with van der Waals surface area (Å²) in [6, 6.07) is 13.4. The molecule has 7 heteroatoms. The molecule has 2 amide bonds. The first-order valence-corrected chi connectivity index (χ1v) is 13.7. The molecule has 1 N–H and O–H groups in total. The molecule has 0 aliphatic carbocycles. The van der Waals surface area contributed by atoms with Gasteiger partial charge in [0, 0.05) is 63.3 Å². The summed E-state index contributed by atoms with van der Waals surface area (Å²) in [5.74, 6) is 0.0662. The molecule has 0 saturated carbocycles. The Morgan fingerprint density at radius 3 is 2.41 bits per heavy atom. The monoisotopic (exact) mass is 506 g/mol. The number of unbranched alkanes of at least 4 members (excludes halogenated alkanes) is 5. The highest BCUT2D eigenvalue weighted by Gasteiger charge is 2.16. The Morgan fingerprint density at radius 2 is 1.65 bits per heavy atom. The SMILES string of the molecule is O=C(C=Cc1cccnc1)NCCCCCCCCN(CCCN1CCOCC1)C(=O)c1ccccc1. The minimum atomic E-state index is -0.0688. The highest BCUT2D eigenvalue weighted by molar-refractivity contribution is 5.94. The molecular formula is C30H42N4O3. The third-order valence-corrected chi connectivity index (χ3v) is 6.58. The summed E-state index contributed by atoms with van der Waals surface area (Å²) in [6.45, 7) is 6.88. The van der Waals surface area contributed by atoms with Crippen molar-refractivity contribution in [2.24, 2.45) is 0 Å². The number of carbonyl (C=O) groups is 2. The van der Waals surface area contributed by atoms with Crippen molar-refractivity contribution < 1.29 is 14.3 Å². The Bertz CT molecular complexity index is 930. The zero-order valence-electron chi connectivity index (χ0n) is 22.0. The van der Waals surface area contributed by atoms with Gasteiger partial charge in [0.25, 0.3) is 5.91 Å². The molecule has 1 aromatic heterocycles. The number of aromatic nitrogens is 1. The number of rotatable bonds is 16. The molecule has 1 fully saturated rings. The molecule has 1 saturated heterocycles. The number of ether oxygens (including phenoxy) is 1. The van der Waals surface area contributed by atoms with Crippen LogP contribution in [0.4, 0.5) is 0 Å². The first-order valence-electron chi connectivity index (χ1n) is 13.7. The minimum absolute atomic E-state index is 0.0688. The van der Waals surface area contributed by atoms with E-state index in [9.17, 15) is 9.59 Å². The summed E-state index contributed by atoms with van der Waals surface area (Å²) in [7, 11) is 0. The molecule has 7 nitrogen and oxygen atoms in total. The quantitative estimate of drug-likeness (QED) is 0.270. The lowest BCUT2D eigenvalue weighted by Gasteiger charge is -2.28. The highest BCUT2D eigenvalue weighted by atomic mass is 16.5. The maximum Gasteiger partial charge on any atom is 0.253 e. The molecule has 1 aliphatic rings. The summed E-state index contributed by atoms with van der Waals surface area (Å²) in [4.78, 5) is 33.5. The number of morpholine rings is 1. The predicted octanol–water partition coefficient (Wildman–Crippen LogP) is 4.42. The fourth-order valence-corrected chi connectivity index (χ4v) is 4.44. The fourth-order valence-electron chi connectivity index (χ4n) is 4.44. The number of nitrogens with zero attached hydrogens (tertiary/aromatic N) is 3. The Hall–Kier alpha value is -3.03. The topological polar surface area (TPSA) is 74.8 Å². The van der Waals surface area contributed by atoms with Gasteiger partial charge >= 0.3 is 0 Å². The molecule has 2 aromatic rings. The first kappa shape index (κ1) is 28.5. The molecular weight excluding hydrogens is 464 g/mol. The molecule has 3 rings (SSSR count). The second-order valence-corrected chi connectivity index (χ2v) is 9.50. The second kappa shape index (κ2) is 17.4. The lowest BCUT2D eigenvalue weighted by molar-refractivity contribution is -0.116. The molecule has 0 unspecified atom stereocenters. The summed E-state index contributed by atoms with van der Waals surface area (Å²) >= 11 is 0. The summed E-state index contributed by atoms with van der Waals surface area (Å²) in [6.07, 6.45) is 14.3. The van der Waals surface area contributed by atoms with Gasteiger partial charge in [-0.2, -0.15) is 0 Å². The first-order chi connectivity index (χ1) is 18.2. The van der Waals surface area contributed by atoms with Crippen LogP contribution in [0.2, 0.25) is 0 Å². The average Bonchev–Trinajstić information content (AvgIpc) is 2.95. The molecule has 2 heterocycles. The van der Waals surface area contributed by atoms with Crippen molar-refractivity contribution in [3.63, 3.8) is 0 Å². The lowest BCUT2D eigenvalue weighted by Crippen LogP contribution is -2.39. The summed E-state index contributed by atoms with van der Waals surface area (Å²) in [5.41, 5.74) is 1.69. The molecule has 0 spiro atoms. The number of carbonyl (C=O) groups excluding carboxylic acids is 2. The Kier molecular flexibility index (Phi) is 13.4. The van der Waals surface area contributed by atoms with E-state index >= 15 is 0 Å². The van der Waals surface area contributed by atoms with Crippen LogP contribution in [0.25, 0.3) is 6.08 Å². The molecule has 1 aliphatic heterocycles. The molecule has 200 valence electrons. The Balaban J connectivity index is 1.27. The number of hydrogen-bond donors (Lipinski definition) is 1. The zero-order valence-corrected chi connectivity index (χ0v) is 22.0. The van der Waals surface area contributed by atoms with Gasteiger partial charge in [-0.25, -0.2) is 0 Å². The van der Waals surface area contributed by atoms with E-state index in [0.29, 0.717) is 6.54 Å². The number of hydrogen-bond acceptors (Lipinski definition) is 5. The third kappa shape index (κ3) is 11.7. The third-order valence-electron chi connectivity index (χ3n) is 6.58. The minimum Gasteiger partial charge on any atom is -0.379 e.